The number of carbonyl (C=O) groups is 2. The number of hydrogen-bond donors (Lipinski definition) is 3. The van der Waals surface area contributed by atoms with E-state index < -0.39 is 5.41 Å². The van der Waals surface area contributed by atoms with Crippen molar-refractivity contribution in [2.75, 3.05) is 20.1 Å². The summed E-state index contributed by atoms with van der Waals surface area (Å²) in [5.74, 6) is -0.258. The summed E-state index contributed by atoms with van der Waals surface area (Å²) >= 11 is 0. The molecule has 0 aromatic heterocycles. The molecule has 0 bridgehead atoms. The second-order valence-corrected chi connectivity index (χ2v) is 6.06. The molecule has 21 heavy (non-hydrogen) atoms. The summed E-state index contributed by atoms with van der Waals surface area (Å²) in [6.45, 7) is 1.40. The third kappa shape index (κ3) is 4.85. The van der Waals surface area contributed by atoms with Crippen LogP contribution >= 0.6 is 12.4 Å². The Kier molecular flexibility index (Phi) is 7.46. The monoisotopic (exact) mass is 317 g/mol. The van der Waals surface area contributed by atoms with Crippen molar-refractivity contribution in [3.8, 4) is 0 Å². The van der Waals surface area contributed by atoms with Gasteiger partial charge in [0.15, 0.2) is 0 Å². The summed E-state index contributed by atoms with van der Waals surface area (Å²) in [4.78, 5) is 23.7. The van der Waals surface area contributed by atoms with Gasteiger partial charge < -0.3 is 16.0 Å². The van der Waals surface area contributed by atoms with E-state index in [4.69, 9.17) is 0 Å². The van der Waals surface area contributed by atoms with E-state index in [0.29, 0.717) is 25.4 Å². The van der Waals surface area contributed by atoms with Crippen LogP contribution in [-0.4, -0.2) is 38.0 Å². The zero-order chi connectivity index (χ0) is 14.4. The fraction of sp³-hybridized carbons (Fsp3) is 0.867. The highest BCUT2D eigenvalue weighted by molar-refractivity contribution is 6.07. The third-order valence-electron chi connectivity index (χ3n) is 4.55. The molecule has 3 N–H and O–H groups in total. The normalized spacial score (nSPS) is 20.8. The largest absolute Gasteiger partial charge is 0.358 e. The Labute approximate surface area is 133 Å². The van der Waals surface area contributed by atoms with Gasteiger partial charge in [-0.15, -0.1) is 12.4 Å². The van der Waals surface area contributed by atoms with Gasteiger partial charge in [0.2, 0.25) is 11.8 Å². The summed E-state index contributed by atoms with van der Waals surface area (Å²) < 4.78 is 0. The predicted molar refractivity (Wildman–Crippen MR) is 85.5 cm³/mol. The fourth-order valence-electron chi connectivity index (χ4n) is 3.03. The van der Waals surface area contributed by atoms with Crippen molar-refractivity contribution >= 4 is 24.2 Å². The molecule has 2 amide bonds. The molecule has 0 heterocycles. The van der Waals surface area contributed by atoms with Crippen LogP contribution in [0, 0.1) is 5.41 Å². The molecule has 2 fully saturated rings. The van der Waals surface area contributed by atoms with E-state index in [9.17, 15) is 9.59 Å². The molecular formula is C15H28ClN3O2. The van der Waals surface area contributed by atoms with Gasteiger partial charge in [-0.1, -0.05) is 25.7 Å². The first-order chi connectivity index (χ1) is 9.69. The van der Waals surface area contributed by atoms with E-state index in [-0.39, 0.29) is 24.2 Å². The zero-order valence-corrected chi connectivity index (χ0v) is 13.7. The molecule has 0 atom stereocenters. The van der Waals surface area contributed by atoms with Gasteiger partial charge in [-0.25, -0.2) is 0 Å². The van der Waals surface area contributed by atoms with Gasteiger partial charge in [0.05, 0.1) is 0 Å². The van der Waals surface area contributed by atoms with Crippen LogP contribution in [-0.2, 0) is 9.59 Å². The van der Waals surface area contributed by atoms with Crippen molar-refractivity contribution < 1.29 is 9.59 Å². The lowest BCUT2D eigenvalue weighted by Gasteiger charge is -2.17. The van der Waals surface area contributed by atoms with Crippen molar-refractivity contribution in [3.63, 3.8) is 0 Å². The predicted octanol–water partition coefficient (Wildman–Crippen LogP) is 1.36. The van der Waals surface area contributed by atoms with Gasteiger partial charge in [0.1, 0.15) is 5.41 Å². The molecule has 0 aromatic carbocycles. The quantitative estimate of drug-likeness (QED) is 0.393. The minimum Gasteiger partial charge on any atom is -0.358 e. The number of hydrogen-bond acceptors (Lipinski definition) is 3. The van der Waals surface area contributed by atoms with Crippen LogP contribution in [0.5, 0.6) is 0 Å². The van der Waals surface area contributed by atoms with Gasteiger partial charge in [-0.2, -0.15) is 0 Å². The Morgan fingerprint density at radius 3 is 2.14 bits per heavy atom. The van der Waals surface area contributed by atoms with Gasteiger partial charge in [-0.05, 0) is 25.7 Å². The third-order valence-corrected chi connectivity index (χ3v) is 4.55. The average molecular weight is 318 g/mol. The molecule has 0 saturated heterocycles. The molecule has 5 nitrogen and oxygen atoms in total. The minimum absolute atomic E-state index is 0. The minimum atomic E-state index is -0.767. The average Bonchev–Trinajstić information content (AvgIpc) is 3.27. The second kappa shape index (κ2) is 8.59. The number of amides is 2. The molecule has 2 aliphatic carbocycles. The Morgan fingerprint density at radius 1 is 1.00 bits per heavy atom. The van der Waals surface area contributed by atoms with Crippen LogP contribution in [0.15, 0.2) is 0 Å². The lowest BCUT2D eigenvalue weighted by atomic mass is 10.1. The van der Waals surface area contributed by atoms with Crippen LogP contribution in [0.2, 0.25) is 0 Å². The summed E-state index contributed by atoms with van der Waals surface area (Å²) in [5.41, 5.74) is -0.767. The first kappa shape index (κ1) is 18.2. The molecule has 0 radical (unpaired) electrons. The molecule has 0 spiro atoms. The van der Waals surface area contributed by atoms with Gasteiger partial charge in [0, 0.05) is 26.2 Å². The molecule has 6 heteroatoms. The zero-order valence-electron chi connectivity index (χ0n) is 12.9. The van der Waals surface area contributed by atoms with E-state index >= 15 is 0 Å². The standard InChI is InChI=1S/C15H27N3O2.ClH/c1-16-13(19)15(8-9-15)14(20)18-11-10-17-12-6-4-2-3-5-7-12;/h12,17H,2-11H2,1H3,(H,16,19)(H,18,20);1H. The molecule has 0 unspecified atom stereocenters. The molecule has 0 aliphatic heterocycles. The first-order valence-electron chi connectivity index (χ1n) is 7.93. The number of halogens is 1. The summed E-state index contributed by atoms with van der Waals surface area (Å²) in [6, 6.07) is 0.600. The van der Waals surface area contributed by atoms with Crippen LogP contribution in [0.4, 0.5) is 0 Å². The molecule has 122 valence electrons. The van der Waals surface area contributed by atoms with Gasteiger partial charge in [-0.3, -0.25) is 9.59 Å². The fourth-order valence-corrected chi connectivity index (χ4v) is 3.03. The SMILES string of the molecule is CNC(=O)C1(C(=O)NCCNC2CCCCCC2)CC1.Cl. The van der Waals surface area contributed by atoms with Crippen LogP contribution in [0.1, 0.15) is 51.4 Å². The van der Waals surface area contributed by atoms with Crippen molar-refractivity contribution in [2.45, 2.75) is 57.4 Å². The highest BCUT2D eigenvalue weighted by Crippen LogP contribution is 2.45. The van der Waals surface area contributed by atoms with E-state index in [1.54, 1.807) is 7.05 Å². The van der Waals surface area contributed by atoms with E-state index in [0.717, 1.165) is 6.54 Å². The summed E-state index contributed by atoms with van der Waals surface area (Å²) in [6.07, 6.45) is 9.16. The van der Waals surface area contributed by atoms with Crippen molar-refractivity contribution in [2.24, 2.45) is 5.41 Å². The highest BCUT2D eigenvalue weighted by atomic mass is 35.5. The highest BCUT2D eigenvalue weighted by Gasteiger charge is 2.55. The van der Waals surface area contributed by atoms with E-state index in [1.165, 1.54) is 38.5 Å². The van der Waals surface area contributed by atoms with Crippen molar-refractivity contribution in [1.29, 1.82) is 0 Å². The first-order valence-corrected chi connectivity index (χ1v) is 7.93. The van der Waals surface area contributed by atoms with Gasteiger partial charge in [0.25, 0.3) is 0 Å². The smallest absolute Gasteiger partial charge is 0.235 e. The number of carbonyl (C=O) groups excluding carboxylic acids is 2. The van der Waals surface area contributed by atoms with E-state index in [1.807, 2.05) is 0 Å². The van der Waals surface area contributed by atoms with Gasteiger partial charge >= 0.3 is 0 Å². The molecule has 2 rings (SSSR count). The van der Waals surface area contributed by atoms with Crippen molar-refractivity contribution in [1.82, 2.24) is 16.0 Å². The molecule has 0 aromatic rings. The number of rotatable bonds is 6. The summed E-state index contributed by atoms with van der Waals surface area (Å²) in [5, 5.41) is 8.99. The van der Waals surface area contributed by atoms with Crippen molar-refractivity contribution in [3.05, 3.63) is 0 Å². The topological polar surface area (TPSA) is 70.2 Å². The van der Waals surface area contributed by atoms with Crippen LogP contribution in [0.25, 0.3) is 0 Å². The summed E-state index contributed by atoms with van der Waals surface area (Å²) in [7, 11) is 1.59. The maximum Gasteiger partial charge on any atom is 0.235 e. The Balaban J connectivity index is 0.00000220. The Bertz CT molecular complexity index is 351. The van der Waals surface area contributed by atoms with Crippen LogP contribution in [0.3, 0.4) is 0 Å². The second-order valence-electron chi connectivity index (χ2n) is 6.06. The maximum atomic E-state index is 12.0. The number of nitrogens with one attached hydrogen (secondary N) is 3. The van der Waals surface area contributed by atoms with Crippen LogP contribution < -0.4 is 16.0 Å². The Hall–Kier alpha value is -0.810. The lowest BCUT2D eigenvalue weighted by molar-refractivity contribution is -0.136. The molecule has 2 saturated carbocycles. The van der Waals surface area contributed by atoms with E-state index in [2.05, 4.69) is 16.0 Å². The Morgan fingerprint density at radius 2 is 1.62 bits per heavy atom. The molecule has 2 aliphatic rings. The lowest BCUT2D eigenvalue weighted by Crippen LogP contribution is -2.44. The maximum absolute atomic E-state index is 12.0. The molecular weight excluding hydrogens is 290 g/mol.